The molecular formula is C27H31N3O5. The summed E-state index contributed by atoms with van der Waals surface area (Å²) in [5.74, 6) is -0.513. The number of benzene rings is 2. The van der Waals surface area contributed by atoms with Crippen molar-refractivity contribution in [1.29, 1.82) is 0 Å². The Morgan fingerprint density at radius 2 is 1.69 bits per heavy atom. The van der Waals surface area contributed by atoms with Gasteiger partial charge in [-0.05, 0) is 62.7 Å². The summed E-state index contributed by atoms with van der Waals surface area (Å²) in [6.45, 7) is 5.51. The van der Waals surface area contributed by atoms with Gasteiger partial charge in [0.15, 0.2) is 5.69 Å². The average molecular weight is 478 g/mol. The molecule has 0 radical (unpaired) electrons. The Bertz CT molecular complexity index is 1180. The molecule has 0 saturated carbocycles. The highest BCUT2D eigenvalue weighted by atomic mass is 16.5. The van der Waals surface area contributed by atoms with E-state index in [0.29, 0.717) is 23.6 Å². The van der Waals surface area contributed by atoms with Crippen molar-refractivity contribution >= 4 is 11.9 Å². The molecule has 0 atom stereocenters. The number of esters is 2. The van der Waals surface area contributed by atoms with Crippen LogP contribution in [0.2, 0.25) is 0 Å². The molecular weight excluding hydrogens is 446 g/mol. The van der Waals surface area contributed by atoms with E-state index in [4.69, 9.17) is 19.3 Å². The zero-order valence-electron chi connectivity index (χ0n) is 20.5. The third kappa shape index (κ3) is 5.22. The van der Waals surface area contributed by atoms with Crippen molar-refractivity contribution in [1.82, 2.24) is 14.7 Å². The summed E-state index contributed by atoms with van der Waals surface area (Å²) in [5.41, 5.74) is 2.78. The number of hydrogen-bond acceptors (Lipinski definition) is 7. The Morgan fingerprint density at radius 1 is 0.971 bits per heavy atom. The Morgan fingerprint density at radius 3 is 2.34 bits per heavy atom. The molecule has 1 aliphatic heterocycles. The van der Waals surface area contributed by atoms with Gasteiger partial charge >= 0.3 is 11.9 Å². The number of aromatic nitrogens is 2. The molecule has 8 nitrogen and oxygen atoms in total. The minimum atomic E-state index is -0.673. The van der Waals surface area contributed by atoms with Crippen LogP contribution in [0.25, 0.3) is 16.9 Å². The SMILES string of the molecule is CCCOc1ccc(-c2nn(-c3ccccc3)c(C(=O)OC)c2C(=O)OC)cc1CN1CCCC1. The van der Waals surface area contributed by atoms with E-state index in [1.54, 1.807) is 0 Å². The van der Waals surface area contributed by atoms with Gasteiger partial charge in [0.05, 0.1) is 26.5 Å². The van der Waals surface area contributed by atoms with Gasteiger partial charge in [-0.15, -0.1) is 0 Å². The second-order valence-electron chi connectivity index (χ2n) is 8.46. The number of carbonyl (C=O) groups excluding carboxylic acids is 2. The molecule has 35 heavy (non-hydrogen) atoms. The lowest BCUT2D eigenvalue weighted by molar-refractivity contribution is 0.0549. The van der Waals surface area contributed by atoms with Gasteiger partial charge in [-0.25, -0.2) is 14.3 Å². The molecule has 4 rings (SSSR count). The van der Waals surface area contributed by atoms with Gasteiger partial charge in [0.25, 0.3) is 0 Å². The quantitative estimate of drug-likeness (QED) is 0.420. The summed E-state index contributed by atoms with van der Waals surface area (Å²) in [4.78, 5) is 28.2. The van der Waals surface area contributed by atoms with E-state index in [0.717, 1.165) is 37.4 Å². The monoisotopic (exact) mass is 477 g/mol. The zero-order valence-corrected chi connectivity index (χ0v) is 20.5. The van der Waals surface area contributed by atoms with Crippen molar-refractivity contribution in [2.24, 2.45) is 0 Å². The number of carbonyl (C=O) groups is 2. The van der Waals surface area contributed by atoms with E-state index in [9.17, 15) is 9.59 Å². The van der Waals surface area contributed by atoms with E-state index < -0.39 is 11.9 Å². The average Bonchev–Trinajstić information content (AvgIpc) is 3.55. The highest BCUT2D eigenvalue weighted by molar-refractivity contribution is 6.06. The lowest BCUT2D eigenvalue weighted by atomic mass is 10.0. The van der Waals surface area contributed by atoms with Gasteiger partial charge in [-0.1, -0.05) is 25.1 Å². The van der Waals surface area contributed by atoms with Gasteiger partial charge < -0.3 is 14.2 Å². The Kier molecular flexibility index (Phi) is 7.82. The number of likely N-dealkylation sites (tertiary alicyclic amines) is 1. The molecule has 1 fully saturated rings. The van der Waals surface area contributed by atoms with Crippen LogP contribution in [0.4, 0.5) is 0 Å². The molecule has 8 heteroatoms. The van der Waals surface area contributed by atoms with Gasteiger partial charge in [-0.2, -0.15) is 5.10 Å². The number of nitrogens with zero attached hydrogens (tertiary/aromatic N) is 3. The maximum Gasteiger partial charge on any atom is 0.357 e. The van der Waals surface area contributed by atoms with Crippen molar-refractivity contribution < 1.29 is 23.8 Å². The van der Waals surface area contributed by atoms with Crippen LogP contribution in [0.1, 0.15) is 52.6 Å². The number of para-hydroxylation sites is 1. The molecule has 1 aromatic heterocycles. The zero-order chi connectivity index (χ0) is 24.8. The third-order valence-electron chi connectivity index (χ3n) is 6.04. The smallest absolute Gasteiger partial charge is 0.357 e. The molecule has 0 aliphatic carbocycles. The molecule has 1 saturated heterocycles. The van der Waals surface area contributed by atoms with E-state index in [1.165, 1.54) is 31.7 Å². The summed E-state index contributed by atoms with van der Waals surface area (Å²) in [7, 11) is 2.56. The Balaban J connectivity index is 1.88. The largest absolute Gasteiger partial charge is 0.493 e. The van der Waals surface area contributed by atoms with Crippen molar-refractivity contribution in [2.45, 2.75) is 32.7 Å². The summed E-state index contributed by atoms with van der Waals surface area (Å²) < 4.78 is 17.6. The minimum absolute atomic E-state index is 0.0213. The standard InChI is InChI=1S/C27H31N3O5/c1-4-16-35-22-13-12-19(17-20(22)18-29-14-8-9-15-29)24-23(26(31)33-2)25(27(32)34-3)30(28-24)21-10-6-5-7-11-21/h5-7,10-13,17H,4,8-9,14-16,18H2,1-3H3. The fraction of sp³-hybridized carbons (Fsp3) is 0.370. The number of methoxy groups -OCH3 is 2. The lowest BCUT2D eigenvalue weighted by Crippen LogP contribution is -2.19. The van der Waals surface area contributed by atoms with Crippen LogP contribution in [0.3, 0.4) is 0 Å². The lowest BCUT2D eigenvalue weighted by Gasteiger charge is -2.18. The predicted octanol–water partition coefficient (Wildman–Crippen LogP) is 4.50. The first-order valence-electron chi connectivity index (χ1n) is 11.9. The molecule has 2 heterocycles. The van der Waals surface area contributed by atoms with E-state index >= 15 is 0 Å². The van der Waals surface area contributed by atoms with Crippen molar-refractivity contribution in [2.75, 3.05) is 33.9 Å². The van der Waals surface area contributed by atoms with Crippen LogP contribution >= 0.6 is 0 Å². The molecule has 0 unspecified atom stereocenters. The van der Waals surface area contributed by atoms with Crippen molar-refractivity contribution in [3.05, 3.63) is 65.4 Å². The maximum absolute atomic E-state index is 12.9. The first-order chi connectivity index (χ1) is 17.1. The molecule has 0 bridgehead atoms. The summed E-state index contributed by atoms with van der Waals surface area (Å²) in [5, 5.41) is 4.71. The van der Waals surface area contributed by atoms with Crippen LogP contribution in [-0.2, 0) is 16.0 Å². The predicted molar refractivity (Wildman–Crippen MR) is 132 cm³/mol. The summed E-state index contributed by atoms with van der Waals surface area (Å²) in [6.07, 6.45) is 3.27. The van der Waals surface area contributed by atoms with E-state index in [1.807, 2.05) is 48.5 Å². The topological polar surface area (TPSA) is 82.9 Å². The molecule has 1 aliphatic rings. The van der Waals surface area contributed by atoms with Crippen LogP contribution in [0.5, 0.6) is 5.75 Å². The molecule has 0 amide bonds. The fourth-order valence-corrected chi connectivity index (χ4v) is 4.34. The van der Waals surface area contributed by atoms with Gasteiger partial charge in [0, 0.05) is 17.7 Å². The second-order valence-corrected chi connectivity index (χ2v) is 8.46. The summed E-state index contributed by atoms with van der Waals surface area (Å²) >= 11 is 0. The van der Waals surface area contributed by atoms with Crippen molar-refractivity contribution in [3.63, 3.8) is 0 Å². The maximum atomic E-state index is 12.9. The highest BCUT2D eigenvalue weighted by Gasteiger charge is 2.31. The number of ether oxygens (including phenoxy) is 3. The molecule has 3 aromatic rings. The number of rotatable bonds is 9. The van der Waals surface area contributed by atoms with Crippen LogP contribution < -0.4 is 4.74 Å². The van der Waals surface area contributed by atoms with E-state index in [-0.39, 0.29) is 11.3 Å². The fourth-order valence-electron chi connectivity index (χ4n) is 4.34. The van der Waals surface area contributed by atoms with Gasteiger partial charge in [-0.3, -0.25) is 4.90 Å². The third-order valence-corrected chi connectivity index (χ3v) is 6.04. The van der Waals surface area contributed by atoms with Crippen molar-refractivity contribution in [3.8, 4) is 22.7 Å². The van der Waals surface area contributed by atoms with Crippen LogP contribution in [-0.4, -0.2) is 60.5 Å². The molecule has 184 valence electrons. The molecule has 0 N–H and O–H groups in total. The van der Waals surface area contributed by atoms with Gasteiger partial charge in [0.1, 0.15) is 17.0 Å². The van der Waals surface area contributed by atoms with E-state index in [2.05, 4.69) is 11.8 Å². The normalized spacial score (nSPS) is 13.6. The Labute approximate surface area is 205 Å². The minimum Gasteiger partial charge on any atom is -0.493 e. The first-order valence-corrected chi connectivity index (χ1v) is 11.9. The summed E-state index contributed by atoms with van der Waals surface area (Å²) in [6, 6.07) is 14.9. The van der Waals surface area contributed by atoms with Gasteiger partial charge in [0.2, 0.25) is 0 Å². The van der Waals surface area contributed by atoms with Crippen LogP contribution in [0, 0.1) is 0 Å². The Hall–Kier alpha value is -3.65. The molecule has 0 spiro atoms. The highest BCUT2D eigenvalue weighted by Crippen LogP contribution is 2.33. The molecule has 2 aromatic carbocycles. The number of hydrogen-bond donors (Lipinski definition) is 0. The van der Waals surface area contributed by atoms with Crippen LogP contribution in [0.15, 0.2) is 48.5 Å². The second kappa shape index (κ2) is 11.2. The first kappa shape index (κ1) is 24.5.